The maximum atomic E-state index is 12.8. The average molecular weight is 351 g/mol. The summed E-state index contributed by atoms with van der Waals surface area (Å²) in [7, 11) is 3.69. The van der Waals surface area contributed by atoms with Crippen molar-refractivity contribution >= 4 is 27.8 Å². The Morgan fingerprint density at radius 1 is 1.19 bits per heavy atom. The Balaban J connectivity index is 1.78. The quantitative estimate of drug-likeness (QED) is 0.580. The van der Waals surface area contributed by atoms with Crippen molar-refractivity contribution in [3.63, 3.8) is 0 Å². The van der Waals surface area contributed by atoms with Crippen LogP contribution >= 0.6 is 0 Å². The summed E-state index contributed by atoms with van der Waals surface area (Å²) in [5.74, 6) is 0.598. The lowest BCUT2D eigenvalue weighted by Crippen LogP contribution is -2.25. The van der Waals surface area contributed by atoms with Gasteiger partial charge in [0.1, 0.15) is 11.5 Å². The summed E-state index contributed by atoms with van der Waals surface area (Å²) in [6.07, 6.45) is 1.60. The number of furan rings is 1. The van der Waals surface area contributed by atoms with Crippen LogP contribution in [0.25, 0.3) is 21.9 Å². The minimum absolute atomic E-state index is 0.127. The molecule has 1 aromatic carbocycles. The maximum Gasteiger partial charge on any atom is 0.268 e. The lowest BCUT2D eigenvalue weighted by Gasteiger charge is -2.10. The lowest BCUT2D eigenvalue weighted by molar-refractivity contribution is 0.0936. The molecule has 6 heteroatoms. The highest BCUT2D eigenvalue weighted by Gasteiger charge is 2.20. The smallest absolute Gasteiger partial charge is 0.268 e. The van der Waals surface area contributed by atoms with E-state index in [0.29, 0.717) is 25.4 Å². The average Bonchev–Trinajstić information content (AvgIpc) is 3.36. The maximum absolute atomic E-state index is 12.8. The summed E-state index contributed by atoms with van der Waals surface area (Å²) < 4.78 is 14.7. The van der Waals surface area contributed by atoms with Crippen LogP contribution in [0, 0.1) is 0 Å². The van der Waals surface area contributed by atoms with Crippen molar-refractivity contribution in [1.29, 1.82) is 0 Å². The molecule has 1 N–H and O–H groups in total. The predicted molar refractivity (Wildman–Crippen MR) is 100 cm³/mol. The number of carbonyl (C=O) groups is 1. The van der Waals surface area contributed by atoms with Crippen molar-refractivity contribution in [3.8, 4) is 0 Å². The molecule has 0 bridgehead atoms. The molecule has 0 atom stereocenters. The third-order valence-electron chi connectivity index (χ3n) is 4.71. The zero-order valence-corrected chi connectivity index (χ0v) is 14.9. The number of methoxy groups -OCH3 is 1. The molecule has 134 valence electrons. The molecule has 0 aliphatic rings. The number of carbonyl (C=O) groups excluding carboxylic acids is 1. The molecule has 0 saturated heterocycles. The van der Waals surface area contributed by atoms with E-state index in [0.717, 1.165) is 27.7 Å². The van der Waals surface area contributed by atoms with Gasteiger partial charge in [-0.05, 0) is 24.3 Å². The summed E-state index contributed by atoms with van der Waals surface area (Å²) >= 11 is 0. The first kappa shape index (κ1) is 16.5. The van der Waals surface area contributed by atoms with Gasteiger partial charge < -0.3 is 23.6 Å². The molecule has 0 unspecified atom stereocenters. The van der Waals surface area contributed by atoms with Crippen LogP contribution in [0.5, 0.6) is 0 Å². The molecule has 1 amide bonds. The van der Waals surface area contributed by atoms with E-state index in [1.54, 1.807) is 13.4 Å². The van der Waals surface area contributed by atoms with Crippen LogP contribution in [0.3, 0.4) is 0 Å². The van der Waals surface area contributed by atoms with Crippen LogP contribution in [-0.4, -0.2) is 28.8 Å². The van der Waals surface area contributed by atoms with Crippen LogP contribution in [0.15, 0.2) is 53.1 Å². The Labute approximate surface area is 150 Å². The zero-order valence-electron chi connectivity index (χ0n) is 14.9. The normalized spacial score (nSPS) is 11.5. The van der Waals surface area contributed by atoms with Gasteiger partial charge in [-0.1, -0.05) is 18.2 Å². The second-order valence-electron chi connectivity index (χ2n) is 6.25. The van der Waals surface area contributed by atoms with E-state index in [4.69, 9.17) is 9.15 Å². The minimum Gasteiger partial charge on any atom is -0.467 e. The Morgan fingerprint density at radius 3 is 2.81 bits per heavy atom. The second kappa shape index (κ2) is 6.72. The van der Waals surface area contributed by atoms with Gasteiger partial charge in [0.15, 0.2) is 0 Å². The molecular weight excluding hydrogens is 330 g/mol. The summed E-state index contributed by atoms with van der Waals surface area (Å²) in [6, 6.07) is 13.8. The van der Waals surface area contributed by atoms with Crippen molar-refractivity contribution in [3.05, 3.63) is 60.2 Å². The monoisotopic (exact) mass is 351 g/mol. The lowest BCUT2D eigenvalue weighted by atomic mass is 10.2. The standard InChI is InChI=1S/C20H21N3O3/c1-22-16-8-4-3-7-15(16)19-17(22)12-18(23(19)9-11-25-2)20(24)21-13-14-6-5-10-26-14/h3-8,10,12H,9,11,13H2,1-2H3,(H,21,24). The first-order valence-corrected chi connectivity index (χ1v) is 8.57. The van der Waals surface area contributed by atoms with E-state index in [9.17, 15) is 4.79 Å². The highest BCUT2D eigenvalue weighted by atomic mass is 16.5. The molecule has 0 radical (unpaired) electrons. The molecule has 0 spiro atoms. The van der Waals surface area contributed by atoms with Gasteiger partial charge in [0.05, 0.1) is 36.0 Å². The molecule has 0 aliphatic carbocycles. The Hall–Kier alpha value is -2.99. The van der Waals surface area contributed by atoms with Crippen molar-refractivity contribution in [2.75, 3.05) is 13.7 Å². The van der Waals surface area contributed by atoms with E-state index in [2.05, 4.69) is 22.0 Å². The SMILES string of the molecule is COCCn1c(C(=O)NCc2ccco2)cc2c1c1ccccc1n2C. The van der Waals surface area contributed by atoms with Gasteiger partial charge in [0, 0.05) is 26.1 Å². The van der Waals surface area contributed by atoms with Gasteiger partial charge in [0.25, 0.3) is 5.91 Å². The van der Waals surface area contributed by atoms with Gasteiger partial charge in [0.2, 0.25) is 0 Å². The fourth-order valence-corrected chi connectivity index (χ4v) is 3.44. The van der Waals surface area contributed by atoms with Crippen LogP contribution in [0.1, 0.15) is 16.2 Å². The van der Waals surface area contributed by atoms with Crippen molar-refractivity contribution < 1.29 is 13.9 Å². The van der Waals surface area contributed by atoms with Gasteiger partial charge in [-0.2, -0.15) is 0 Å². The number of rotatable bonds is 6. The number of hydrogen-bond acceptors (Lipinski definition) is 3. The van der Waals surface area contributed by atoms with E-state index in [-0.39, 0.29) is 5.91 Å². The highest BCUT2D eigenvalue weighted by Crippen LogP contribution is 2.31. The van der Waals surface area contributed by atoms with Gasteiger partial charge in [-0.15, -0.1) is 0 Å². The Kier molecular flexibility index (Phi) is 4.26. The number of hydrogen-bond donors (Lipinski definition) is 1. The molecule has 3 aromatic heterocycles. The fraction of sp³-hybridized carbons (Fsp3) is 0.250. The summed E-state index contributed by atoms with van der Waals surface area (Å²) in [5.41, 5.74) is 3.86. The molecule has 4 aromatic rings. The van der Waals surface area contributed by atoms with Crippen molar-refractivity contribution in [2.45, 2.75) is 13.1 Å². The predicted octanol–water partition coefficient (Wildman–Crippen LogP) is 3.30. The van der Waals surface area contributed by atoms with Gasteiger partial charge >= 0.3 is 0 Å². The number of benzene rings is 1. The first-order chi connectivity index (χ1) is 12.7. The van der Waals surface area contributed by atoms with Crippen LogP contribution in [0.2, 0.25) is 0 Å². The largest absolute Gasteiger partial charge is 0.467 e. The molecule has 0 saturated carbocycles. The van der Waals surface area contributed by atoms with Crippen LogP contribution in [0.4, 0.5) is 0 Å². The van der Waals surface area contributed by atoms with E-state index >= 15 is 0 Å². The topological polar surface area (TPSA) is 61.3 Å². The van der Waals surface area contributed by atoms with E-state index in [1.807, 2.05) is 41.9 Å². The van der Waals surface area contributed by atoms with Gasteiger partial charge in [-0.25, -0.2) is 0 Å². The molecule has 6 nitrogen and oxygen atoms in total. The summed E-state index contributed by atoms with van der Waals surface area (Å²) in [6.45, 7) is 1.50. The number of nitrogens with zero attached hydrogens (tertiary/aromatic N) is 2. The molecule has 26 heavy (non-hydrogen) atoms. The van der Waals surface area contributed by atoms with E-state index < -0.39 is 0 Å². The van der Waals surface area contributed by atoms with Crippen molar-refractivity contribution in [2.24, 2.45) is 7.05 Å². The Morgan fingerprint density at radius 2 is 2.04 bits per heavy atom. The third kappa shape index (κ3) is 2.68. The number of para-hydroxylation sites is 1. The number of ether oxygens (including phenoxy) is 1. The number of aromatic nitrogens is 2. The summed E-state index contributed by atoms with van der Waals surface area (Å²) in [5, 5.41) is 4.06. The van der Waals surface area contributed by atoms with Crippen LogP contribution in [-0.2, 0) is 24.9 Å². The van der Waals surface area contributed by atoms with Crippen molar-refractivity contribution in [1.82, 2.24) is 14.5 Å². The minimum atomic E-state index is -0.127. The first-order valence-electron chi connectivity index (χ1n) is 8.57. The molecule has 3 heterocycles. The number of nitrogens with one attached hydrogen (secondary N) is 1. The number of amides is 1. The number of aryl methyl sites for hydroxylation is 1. The zero-order chi connectivity index (χ0) is 18.1. The number of fused-ring (bicyclic) bond motifs is 3. The molecule has 4 rings (SSSR count). The third-order valence-corrected chi connectivity index (χ3v) is 4.71. The van der Waals surface area contributed by atoms with Crippen LogP contribution < -0.4 is 5.32 Å². The molecule has 0 aliphatic heterocycles. The van der Waals surface area contributed by atoms with Gasteiger partial charge in [-0.3, -0.25) is 4.79 Å². The summed E-state index contributed by atoms with van der Waals surface area (Å²) in [4.78, 5) is 12.8. The van der Waals surface area contributed by atoms with E-state index in [1.165, 1.54) is 0 Å². The fourth-order valence-electron chi connectivity index (χ4n) is 3.44. The second-order valence-corrected chi connectivity index (χ2v) is 6.25. The Bertz CT molecular complexity index is 1060. The molecule has 0 fully saturated rings. The molecular formula is C20H21N3O3. The highest BCUT2D eigenvalue weighted by molar-refractivity contribution is 6.10.